The van der Waals surface area contributed by atoms with Crippen molar-refractivity contribution in [2.45, 2.75) is 20.3 Å². The number of aryl methyl sites for hydroxylation is 2. The second-order valence-corrected chi connectivity index (χ2v) is 3.11. The molecule has 0 atom stereocenters. The fourth-order valence-corrected chi connectivity index (χ4v) is 1.37. The summed E-state index contributed by atoms with van der Waals surface area (Å²) in [6.45, 7) is 4.02. The number of hydrogen-bond donors (Lipinski definition) is 1. The van der Waals surface area contributed by atoms with Gasteiger partial charge in [0, 0.05) is 6.42 Å². The van der Waals surface area contributed by atoms with Crippen LogP contribution in [0, 0.1) is 6.92 Å². The zero-order chi connectivity index (χ0) is 9.42. The highest BCUT2D eigenvalue weighted by atomic mass is 15.3. The molecular weight excluding hydrogens is 164 g/mol. The summed E-state index contributed by atoms with van der Waals surface area (Å²) < 4.78 is 1.74. The molecule has 2 aromatic heterocycles. The van der Waals surface area contributed by atoms with Gasteiger partial charge in [0.05, 0.1) is 11.9 Å². The minimum atomic E-state index is 0.720. The van der Waals surface area contributed by atoms with Gasteiger partial charge < -0.3 is 5.73 Å². The minimum absolute atomic E-state index is 0.720. The summed E-state index contributed by atoms with van der Waals surface area (Å²) in [4.78, 5) is 4.37. The Balaban J connectivity index is 2.75. The van der Waals surface area contributed by atoms with E-state index in [2.05, 4.69) is 10.1 Å². The number of aromatic nitrogens is 3. The number of fused-ring (bicyclic) bond motifs is 1. The van der Waals surface area contributed by atoms with E-state index >= 15 is 0 Å². The molecule has 0 aliphatic carbocycles. The summed E-state index contributed by atoms with van der Waals surface area (Å²) in [6, 6.07) is 1.91. The molecule has 0 bridgehead atoms. The van der Waals surface area contributed by atoms with E-state index in [4.69, 9.17) is 5.73 Å². The Morgan fingerprint density at radius 1 is 1.54 bits per heavy atom. The molecule has 0 saturated heterocycles. The first-order valence-electron chi connectivity index (χ1n) is 4.32. The Hall–Kier alpha value is -1.58. The van der Waals surface area contributed by atoms with Gasteiger partial charge in [0.25, 0.3) is 0 Å². The summed E-state index contributed by atoms with van der Waals surface area (Å²) in [6.07, 6.45) is 2.63. The molecule has 2 heterocycles. The van der Waals surface area contributed by atoms with E-state index in [1.54, 1.807) is 10.7 Å². The number of nitrogens with zero attached hydrogens (tertiary/aromatic N) is 3. The minimum Gasteiger partial charge on any atom is -0.397 e. The van der Waals surface area contributed by atoms with Gasteiger partial charge in [-0.1, -0.05) is 6.92 Å². The molecule has 0 radical (unpaired) electrons. The van der Waals surface area contributed by atoms with Crippen LogP contribution in [0.3, 0.4) is 0 Å². The average molecular weight is 176 g/mol. The molecule has 13 heavy (non-hydrogen) atoms. The molecule has 0 aromatic carbocycles. The van der Waals surface area contributed by atoms with Crippen LogP contribution in [0.25, 0.3) is 5.65 Å². The number of nitrogens with two attached hydrogens (primary N) is 1. The molecule has 4 nitrogen and oxygen atoms in total. The van der Waals surface area contributed by atoms with Crippen LogP contribution in [0.2, 0.25) is 0 Å². The lowest BCUT2D eigenvalue weighted by Gasteiger charge is -1.97. The third-order valence-electron chi connectivity index (χ3n) is 2.00. The highest BCUT2D eigenvalue weighted by molar-refractivity contribution is 5.53. The summed E-state index contributed by atoms with van der Waals surface area (Å²) in [5.41, 5.74) is 8.36. The Morgan fingerprint density at radius 2 is 2.31 bits per heavy atom. The Bertz CT molecular complexity index is 444. The van der Waals surface area contributed by atoms with Gasteiger partial charge in [-0.2, -0.15) is 5.10 Å². The van der Waals surface area contributed by atoms with E-state index in [-0.39, 0.29) is 0 Å². The van der Waals surface area contributed by atoms with Crippen molar-refractivity contribution in [3.63, 3.8) is 0 Å². The molecule has 0 unspecified atom stereocenters. The van der Waals surface area contributed by atoms with Gasteiger partial charge in [0.15, 0.2) is 11.5 Å². The predicted molar refractivity (Wildman–Crippen MR) is 51.5 cm³/mol. The fraction of sp³-hybridized carbons (Fsp3) is 0.333. The number of nitrogen functional groups attached to an aromatic ring is 1. The SMILES string of the molecule is CCc1nc2c(C)cc(N)cn2n1. The summed E-state index contributed by atoms with van der Waals surface area (Å²) in [5, 5.41) is 4.28. The van der Waals surface area contributed by atoms with E-state index in [0.717, 1.165) is 29.1 Å². The zero-order valence-electron chi connectivity index (χ0n) is 7.78. The van der Waals surface area contributed by atoms with Crippen LogP contribution in [-0.4, -0.2) is 14.6 Å². The van der Waals surface area contributed by atoms with E-state index in [9.17, 15) is 0 Å². The topological polar surface area (TPSA) is 56.2 Å². The fourth-order valence-electron chi connectivity index (χ4n) is 1.37. The van der Waals surface area contributed by atoms with Crippen molar-refractivity contribution in [1.82, 2.24) is 14.6 Å². The van der Waals surface area contributed by atoms with Crippen LogP contribution in [0.5, 0.6) is 0 Å². The predicted octanol–water partition coefficient (Wildman–Crippen LogP) is 1.18. The normalized spacial score (nSPS) is 10.9. The van der Waals surface area contributed by atoms with Crippen LogP contribution < -0.4 is 5.73 Å². The van der Waals surface area contributed by atoms with Crippen LogP contribution in [-0.2, 0) is 6.42 Å². The molecule has 0 spiro atoms. The quantitative estimate of drug-likeness (QED) is 0.709. The number of rotatable bonds is 1. The Morgan fingerprint density at radius 3 is 3.00 bits per heavy atom. The highest BCUT2D eigenvalue weighted by Gasteiger charge is 2.04. The number of pyridine rings is 1. The lowest BCUT2D eigenvalue weighted by atomic mass is 10.3. The Labute approximate surface area is 76.4 Å². The van der Waals surface area contributed by atoms with Crippen molar-refractivity contribution in [1.29, 1.82) is 0 Å². The van der Waals surface area contributed by atoms with Gasteiger partial charge in [-0.25, -0.2) is 9.50 Å². The van der Waals surface area contributed by atoms with Gasteiger partial charge in [-0.05, 0) is 18.6 Å². The molecule has 2 rings (SSSR count). The van der Waals surface area contributed by atoms with Crippen molar-refractivity contribution in [3.05, 3.63) is 23.7 Å². The lowest BCUT2D eigenvalue weighted by molar-refractivity contribution is 0.886. The first-order chi connectivity index (χ1) is 6.20. The largest absolute Gasteiger partial charge is 0.397 e. The standard InChI is InChI=1S/C9H12N4/c1-3-8-11-9-6(2)4-7(10)5-13(9)12-8/h4-5H,3,10H2,1-2H3. The molecule has 2 N–H and O–H groups in total. The maximum Gasteiger partial charge on any atom is 0.158 e. The third-order valence-corrected chi connectivity index (χ3v) is 2.00. The molecule has 0 aliphatic heterocycles. The Kier molecular flexibility index (Phi) is 1.69. The van der Waals surface area contributed by atoms with Crippen molar-refractivity contribution in [2.24, 2.45) is 0 Å². The van der Waals surface area contributed by atoms with Crippen molar-refractivity contribution in [3.8, 4) is 0 Å². The maximum atomic E-state index is 5.69. The summed E-state index contributed by atoms with van der Waals surface area (Å²) in [5.74, 6) is 0.855. The number of hydrogen-bond acceptors (Lipinski definition) is 3. The van der Waals surface area contributed by atoms with E-state index < -0.39 is 0 Å². The maximum absolute atomic E-state index is 5.69. The molecule has 0 amide bonds. The first kappa shape index (κ1) is 8.04. The van der Waals surface area contributed by atoms with E-state index in [0.29, 0.717) is 0 Å². The molecule has 0 saturated carbocycles. The monoisotopic (exact) mass is 176 g/mol. The van der Waals surface area contributed by atoms with Crippen molar-refractivity contribution in [2.75, 3.05) is 5.73 Å². The molecule has 2 aromatic rings. The smallest absolute Gasteiger partial charge is 0.158 e. The first-order valence-corrected chi connectivity index (χ1v) is 4.32. The second kappa shape index (κ2) is 2.73. The highest BCUT2D eigenvalue weighted by Crippen LogP contribution is 2.12. The summed E-state index contributed by atoms with van der Waals surface area (Å²) >= 11 is 0. The van der Waals surface area contributed by atoms with Gasteiger partial charge >= 0.3 is 0 Å². The van der Waals surface area contributed by atoms with Crippen molar-refractivity contribution < 1.29 is 0 Å². The van der Waals surface area contributed by atoms with Crippen LogP contribution in [0.1, 0.15) is 18.3 Å². The van der Waals surface area contributed by atoms with Gasteiger partial charge in [0.2, 0.25) is 0 Å². The van der Waals surface area contributed by atoms with E-state index in [1.807, 2.05) is 19.9 Å². The molecule has 0 fully saturated rings. The molecule has 4 heteroatoms. The number of anilines is 1. The van der Waals surface area contributed by atoms with Crippen molar-refractivity contribution >= 4 is 11.3 Å². The van der Waals surface area contributed by atoms with Crippen LogP contribution >= 0.6 is 0 Å². The van der Waals surface area contributed by atoms with Gasteiger partial charge in [0.1, 0.15) is 0 Å². The third kappa shape index (κ3) is 1.24. The van der Waals surface area contributed by atoms with Crippen LogP contribution in [0.15, 0.2) is 12.3 Å². The second-order valence-electron chi connectivity index (χ2n) is 3.11. The van der Waals surface area contributed by atoms with Gasteiger partial charge in [-0.15, -0.1) is 0 Å². The molecular formula is C9H12N4. The molecule has 0 aliphatic rings. The average Bonchev–Trinajstić information content (AvgIpc) is 2.47. The lowest BCUT2D eigenvalue weighted by Crippen LogP contribution is -1.94. The molecule has 68 valence electrons. The van der Waals surface area contributed by atoms with Gasteiger partial charge in [-0.3, -0.25) is 0 Å². The van der Waals surface area contributed by atoms with E-state index in [1.165, 1.54) is 0 Å². The zero-order valence-corrected chi connectivity index (χ0v) is 7.78. The van der Waals surface area contributed by atoms with Crippen LogP contribution in [0.4, 0.5) is 5.69 Å². The summed E-state index contributed by atoms with van der Waals surface area (Å²) in [7, 11) is 0.